The van der Waals surface area contributed by atoms with E-state index in [1.807, 2.05) is 0 Å². The minimum atomic E-state index is -3.96. The standard InChI is InChI=1S/C10H11FN4O2S/c1-15(7-9-12-5-6-13-9)18(16,17)10-8(11)3-2-4-14-10/h2-6H,7H2,1H3,(H,12,13). The van der Waals surface area contributed by atoms with Gasteiger partial charge in [0.2, 0.25) is 5.03 Å². The van der Waals surface area contributed by atoms with Gasteiger partial charge in [0, 0.05) is 25.6 Å². The van der Waals surface area contributed by atoms with Crippen molar-refractivity contribution in [1.82, 2.24) is 19.3 Å². The summed E-state index contributed by atoms with van der Waals surface area (Å²) in [5.74, 6) is -0.402. The first-order valence-corrected chi connectivity index (χ1v) is 6.51. The molecule has 0 aliphatic carbocycles. The van der Waals surface area contributed by atoms with Crippen LogP contribution in [0.5, 0.6) is 0 Å². The van der Waals surface area contributed by atoms with Crippen LogP contribution < -0.4 is 0 Å². The number of pyridine rings is 1. The number of nitrogens with one attached hydrogen (secondary N) is 1. The molecule has 0 aliphatic heterocycles. The average molecular weight is 270 g/mol. The Bertz CT molecular complexity index is 627. The van der Waals surface area contributed by atoms with Crippen LogP contribution in [0.3, 0.4) is 0 Å². The van der Waals surface area contributed by atoms with Crippen molar-refractivity contribution >= 4 is 10.0 Å². The Labute approximate surface area is 104 Å². The maximum Gasteiger partial charge on any atom is 0.263 e. The summed E-state index contributed by atoms with van der Waals surface area (Å²) in [6.07, 6.45) is 4.32. The number of sulfonamides is 1. The van der Waals surface area contributed by atoms with Gasteiger partial charge < -0.3 is 4.98 Å². The Hall–Kier alpha value is -1.80. The molecule has 18 heavy (non-hydrogen) atoms. The molecule has 8 heteroatoms. The Morgan fingerprint density at radius 3 is 2.78 bits per heavy atom. The lowest BCUT2D eigenvalue weighted by molar-refractivity contribution is 0.447. The molecule has 0 spiro atoms. The van der Waals surface area contributed by atoms with Gasteiger partial charge in [-0.1, -0.05) is 0 Å². The van der Waals surface area contributed by atoms with Gasteiger partial charge in [0.1, 0.15) is 5.82 Å². The number of hydrogen-bond acceptors (Lipinski definition) is 4. The van der Waals surface area contributed by atoms with Crippen molar-refractivity contribution in [1.29, 1.82) is 0 Å². The second kappa shape index (κ2) is 4.83. The van der Waals surface area contributed by atoms with E-state index in [2.05, 4.69) is 15.0 Å². The normalized spacial score (nSPS) is 11.9. The fourth-order valence-electron chi connectivity index (χ4n) is 1.39. The summed E-state index contributed by atoms with van der Waals surface area (Å²) in [7, 11) is -2.62. The molecule has 0 fully saturated rings. The molecular formula is C10H11FN4O2S. The fraction of sp³-hybridized carbons (Fsp3) is 0.200. The second-order valence-corrected chi connectivity index (χ2v) is 5.55. The van der Waals surface area contributed by atoms with Crippen LogP contribution in [0.1, 0.15) is 5.82 Å². The van der Waals surface area contributed by atoms with Gasteiger partial charge in [0.05, 0.1) is 6.54 Å². The van der Waals surface area contributed by atoms with Gasteiger partial charge in [0.15, 0.2) is 5.82 Å². The first kappa shape index (κ1) is 12.7. The highest BCUT2D eigenvalue weighted by Crippen LogP contribution is 2.16. The first-order valence-electron chi connectivity index (χ1n) is 5.07. The summed E-state index contributed by atoms with van der Waals surface area (Å²) >= 11 is 0. The van der Waals surface area contributed by atoms with Crippen molar-refractivity contribution in [3.63, 3.8) is 0 Å². The molecule has 6 nitrogen and oxygen atoms in total. The molecule has 96 valence electrons. The highest BCUT2D eigenvalue weighted by Gasteiger charge is 2.26. The van der Waals surface area contributed by atoms with Crippen molar-refractivity contribution in [3.8, 4) is 0 Å². The first-order chi connectivity index (χ1) is 8.51. The quantitative estimate of drug-likeness (QED) is 0.889. The van der Waals surface area contributed by atoms with E-state index in [1.54, 1.807) is 6.20 Å². The number of imidazole rings is 1. The third-order valence-electron chi connectivity index (χ3n) is 2.31. The molecule has 0 aliphatic rings. The molecule has 2 heterocycles. The molecule has 0 radical (unpaired) electrons. The van der Waals surface area contributed by atoms with E-state index in [0.29, 0.717) is 5.82 Å². The molecule has 0 aromatic carbocycles. The van der Waals surface area contributed by atoms with Crippen LogP contribution in [0.2, 0.25) is 0 Å². The maximum atomic E-state index is 13.4. The van der Waals surface area contributed by atoms with Crippen LogP contribution in [-0.4, -0.2) is 34.7 Å². The van der Waals surface area contributed by atoms with Crippen molar-refractivity contribution in [2.45, 2.75) is 11.6 Å². The van der Waals surface area contributed by atoms with Crippen LogP contribution in [0.15, 0.2) is 35.7 Å². The second-order valence-electron chi connectivity index (χ2n) is 3.59. The Morgan fingerprint density at radius 1 is 1.39 bits per heavy atom. The number of hydrogen-bond donors (Lipinski definition) is 1. The molecule has 0 saturated carbocycles. The van der Waals surface area contributed by atoms with E-state index >= 15 is 0 Å². The van der Waals surface area contributed by atoms with Crippen LogP contribution in [0, 0.1) is 5.82 Å². The van der Waals surface area contributed by atoms with Crippen LogP contribution in [-0.2, 0) is 16.6 Å². The van der Waals surface area contributed by atoms with Crippen molar-refractivity contribution in [3.05, 3.63) is 42.4 Å². The molecule has 2 aromatic heterocycles. The molecule has 2 rings (SSSR count). The number of halogens is 1. The predicted octanol–water partition coefficient (Wildman–Crippen LogP) is 0.764. The molecule has 0 bridgehead atoms. The predicted molar refractivity (Wildman–Crippen MR) is 61.4 cm³/mol. The van der Waals surface area contributed by atoms with E-state index < -0.39 is 20.9 Å². The molecule has 0 atom stereocenters. The highest BCUT2D eigenvalue weighted by molar-refractivity contribution is 7.89. The van der Waals surface area contributed by atoms with Gasteiger partial charge in [0.25, 0.3) is 10.0 Å². The molecule has 2 aromatic rings. The summed E-state index contributed by atoms with van der Waals surface area (Å²) in [6, 6.07) is 2.39. The summed E-state index contributed by atoms with van der Waals surface area (Å²) in [5.41, 5.74) is 0. The molecule has 1 N–H and O–H groups in total. The third-order valence-corrected chi connectivity index (χ3v) is 4.05. The van der Waals surface area contributed by atoms with Gasteiger partial charge in [-0.15, -0.1) is 0 Å². The van der Waals surface area contributed by atoms with E-state index in [0.717, 1.165) is 10.4 Å². The maximum absolute atomic E-state index is 13.4. The molecule has 0 amide bonds. The molecular weight excluding hydrogens is 259 g/mol. The zero-order chi connectivity index (χ0) is 13.2. The minimum absolute atomic E-state index is 0.0192. The van der Waals surface area contributed by atoms with Crippen molar-refractivity contribution in [2.24, 2.45) is 0 Å². The minimum Gasteiger partial charge on any atom is -0.347 e. The smallest absolute Gasteiger partial charge is 0.263 e. The Balaban J connectivity index is 2.29. The van der Waals surface area contributed by atoms with Crippen LogP contribution in [0.4, 0.5) is 4.39 Å². The lowest BCUT2D eigenvalue weighted by atomic mass is 10.5. The van der Waals surface area contributed by atoms with Crippen molar-refractivity contribution in [2.75, 3.05) is 7.05 Å². The largest absolute Gasteiger partial charge is 0.347 e. The topological polar surface area (TPSA) is 79.0 Å². The van der Waals surface area contributed by atoms with Crippen LogP contribution >= 0.6 is 0 Å². The Morgan fingerprint density at radius 2 is 2.17 bits per heavy atom. The molecule has 0 unspecified atom stereocenters. The molecule has 0 saturated heterocycles. The van der Waals surface area contributed by atoms with Gasteiger partial charge in [-0.3, -0.25) is 0 Å². The Kier molecular flexibility index (Phi) is 3.39. The average Bonchev–Trinajstić information content (AvgIpc) is 2.82. The lowest BCUT2D eigenvalue weighted by Gasteiger charge is -2.15. The van der Waals surface area contributed by atoms with Crippen molar-refractivity contribution < 1.29 is 12.8 Å². The van der Waals surface area contributed by atoms with Crippen LogP contribution in [0.25, 0.3) is 0 Å². The van der Waals surface area contributed by atoms with Gasteiger partial charge >= 0.3 is 0 Å². The zero-order valence-corrected chi connectivity index (χ0v) is 10.4. The van der Waals surface area contributed by atoms with Gasteiger partial charge in [-0.05, 0) is 12.1 Å². The number of aromatic amines is 1. The fourth-order valence-corrected chi connectivity index (χ4v) is 2.48. The zero-order valence-electron chi connectivity index (χ0n) is 9.54. The number of H-pyrrole nitrogens is 1. The van der Waals surface area contributed by atoms with Gasteiger partial charge in [-0.2, -0.15) is 4.31 Å². The number of rotatable bonds is 4. The number of aromatic nitrogens is 3. The highest BCUT2D eigenvalue weighted by atomic mass is 32.2. The summed E-state index contributed by atoms with van der Waals surface area (Å²) in [5, 5.41) is -0.584. The third kappa shape index (κ3) is 2.39. The number of nitrogens with zero attached hydrogens (tertiary/aromatic N) is 3. The van der Waals surface area contributed by atoms with Gasteiger partial charge in [-0.25, -0.2) is 22.8 Å². The lowest BCUT2D eigenvalue weighted by Crippen LogP contribution is -2.28. The SMILES string of the molecule is CN(Cc1ncc[nH]1)S(=O)(=O)c1ncccc1F. The summed E-state index contributed by atoms with van der Waals surface area (Å²) in [4.78, 5) is 10.2. The monoisotopic (exact) mass is 270 g/mol. The summed E-state index contributed by atoms with van der Waals surface area (Å²) in [6.45, 7) is 0.0192. The summed E-state index contributed by atoms with van der Waals surface area (Å²) < 4.78 is 38.5. The van der Waals surface area contributed by atoms with E-state index in [9.17, 15) is 12.8 Å². The van der Waals surface area contributed by atoms with E-state index in [1.165, 1.54) is 25.5 Å². The van der Waals surface area contributed by atoms with E-state index in [4.69, 9.17) is 0 Å². The van der Waals surface area contributed by atoms with E-state index in [-0.39, 0.29) is 6.54 Å².